The van der Waals surface area contributed by atoms with Crippen molar-refractivity contribution in [2.45, 2.75) is 52.7 Å². The Bertz CT molecular complexity index is 579. The highest BCUT2D eigenvalue weighted by Gasteiger charge is 2.38. The number of carbonyl (C=O) groups is 1. The van der Waals surface area contributed by atoms with Crippen LogP contribution in [0.5, 0.6) is 5.75 Å². The second-order valence-electron chi connectivity index (χ2n) is 7.61. The summed E-state index contributed by atoms with van der Waals surface area (Å²) in [4.78, 5) is 12.7. The average Bonchev–Trinajstić information content (AvgIpc) is 2.53. The number of hydrogen-bond acceptors (Lipinski definition) is 4. The number of aryl methyl sites for hydroxylation is 1. The highest BCUT2D eigenvalue weighted by molar-refractivity contribution is 5.85. The summed E-state index contributed by atoms with van der Waals surface area (Å²) < 4.78 is 11.4. The van der Waals surface area contributed by atoms with Crippen molar-refractivity contribution in [1.29, 1.82) is 0 Å². The van der Waals surface area contributed by atoms with Crippen LogP contribution >= 0.6 is 12.4 Å². The van der Waals surface area contributed by atoms with Crippen LogP contribution in [0.3, 0.4) is 0 Å². The van der Waals surface area contributed by atoms with Crippen LogP contribution < -0.4 is 15.8 Å². The standard InChI is InChI=1S/C19H30N2O3.ClH/c1-14-5-6-15(16(11-14)24-18(2,3)4)12-21-17(22)19(13-20)7-9-23-10-8-19;/h5-6,11H,7-10,12-13,20H2,1-4H3,(H,21,22);1H. The molecule has 0 aliphatic carbocycles. The van der Waals surface area contributed by atoms with E-state index in [1.165, 1.54) is 0 Å². The zero-order valence-electron chi connectivity index (χ0n) is 15.7. The molecule has 1 aromatic carbocycles. The molecule has 3 N–H and O–H groups in total. The van der Waals surface area contributed by atoms with Crippen LogP contribution in [0, 0.1) is 12.3 Å². The van der Waals surface area contributed by atoms with Crippen molar-refractivity contribution < 1.29 is 14.3 Å². The van der Waals surface area contributed by atoms with Crippen molar-refractivity contribution in [2.24, 2.45) is 11.1 Å². The molecule has 0 aromatic heterocycles. The van der Waals surface area contributed by atoms with Gasteiger partial charge in [0.05, 0.1) is 5.41 Å². The first-order valence-corrected chi connectivity index (χ1v) is 8.60. The molecule has 1 aliphatic rings. The molecule has 0 atom stereocenters. The molecule has 5 nitrogen and oxygen atoms in total. The van der Waals surface area contributed by atoms with E-state index in [0.29, 0.717) is 39.1 Å². The molecular formula is C19H31ClN2O3. The van der Waals surface area contributed by atoms with Gasteiger partial charge in [-0.15, -0.1) is 12.4 Å². The minimum atomic E-state index is -0.506. The molecule has 142 valence electrons. The van der Waals surface area contributed by atoms with Crippen LogP contribution in [0.4, 0.5) is 0 Å². The van der Waals surface area contributed by atoms with Gasteiger partial charge in [-0.1, -0.05) is 12.1 Å². The fourth-order valence-electron chi connectivity index (χ4n) is 2.88. The highest BCUT2D eigenvalue weighted by atomic mass is 35.5. The first-order valence-electron chi connectivity index (χ1n) is 8.60. The number of amides is 1. The van der Waals surface area contributed by atoms with Crippen LogP contribution in [-0.4, -0.2) is 31.3 Å². The van der Waals surface area contributed by atoms with Crippen molar-refractivity contribution in [2.75, 3.05) is 19.8 Å². The Morgan fingerprint density at radius 1 is 1.32 bits per heavy atom. The molecule has 1 heterocycles. The molecule has 0 spiro atoms. The maximum atomic E-state index is 12.7. The maximum absolute atomic E-state index is 12.7. The summed E-state index contributed by atoms with van der Waals surface area (Å²) >= 11 is 0. The lowest BCUT2D eigenvalue weighted by atomic mass is 9.79. The number of carbonyl (C=O) groups excluding carboxylic acids is 1. The number of nitrogens with one attached hydrogen (secondary N) is 1. The van der Waals surface area contributed by atoms with E-state index in [-0.39, 0.29) is 23.9 Å². The van der Waals surface area contributed by atoms with E-state index < -0.39 is 5.41 Å². The van der Waals surface area contributed by atoms with Crippen molar-refractivity contribution in [3.8, 4) is 5.75 Å². The Morgan fingerprint density at radius 2 is 1.96 bits per heavy atom. The van der Waals surface area contributed by atoms with Crippen LogP contribution in [-0.2, 0) is 16.1 Å². The predicted molar refractivity (Wildman–Crippen MR) is 102 cm³/mol. The van der Waals surface area contributed by atoms with Crippen LogP contribution in [0.1, 0.15) is 44.7 Å². The summed E-state index contributed by atoms with van der Waals surface area (Å²) in [5, 5.41) is 3.05. The SMILES string of the molecule is Cc1ccc(CNC(=O)C2(CN)CCOCC2)c(OC(C)(C)C)c1.Cl. The summed E-state index contributed by atoms with van der Waals surface area (Å²) in [5.41, 5.74) is 7.21. The normalized spacial score (nSPS) is 16.7. The Balaban J connectivity index is 0.00000312. The molecule has 0 saturated carbocycles. The van der Waals surface area contributed by atoms with E-state index in [9.17, 15) is 4.79 Å². The number of halogens is 1. The molecule has 1 aliphatic heterocycles. The fourth-order valence-corrected chi connectivity index (χ4v) is 2.88. The first kappa shape index (κ1) is 21.7. The van der Waals surface area contributed by atoms with Gasteiger partial charge in [0.15, 0.2) is 0 Å². The largest absolute Gasteiger partial charge is 0.488 e. The molecule has 25 heavy (non-hydrogen) atoms. The number of benzene rings is 1. The number of ether oxygens (including phenoxy) is 2. The third kappa shape index (κ3) is 5.87. The Morgan fingerprint density at radius 3 is 2.52 bits per heavy atom. The van der Waals surface area contributed by atoms with E-state index >= 15 is 0 Å². The maximum Gasteiger partial charge on any atom is 0.227 e. The van der Waals surface area contributed by atoms with Crippen molar-refractivity contribution in [3.63, 3.8) is 0 Å². The molecule has 1 saturated heterocycles. The van der Waals surface area contributed by atoms with Crippen molar-refractivity contribution >= 4 is 18.3 Å². The van der Waals surface area contributed by atoms with Gasteiger partial charge in [0.25, 0.3) is 0 Å². The predicted octanol–water partition coefficient (Wildman–Crippen LogP) is 2.97. The monoisotopic (exact) mass is 370 g/mol. The van der Waals surface area contributed by atoms with Crippen LogP contribution in [0.25, 0.3) is 0 Å². The average molecular weight is 371 g/mol. The van der Waals surface area contributed by atoms with E-state index in [0.717, 1.165) is 16.9 Å². The van der Waals surface area contributed by atoms with Crippen LogP contribution in [0.15, 0.2) is 18.2 Å². The van der Waals surface area contributed by atoms with Crippen molar-refractivity contribution in [3.05, 3.63) is 29.3 Å². The topological polar surface area (TPSA) is 73.6 Å². The molecule has 1 amide bonds. The van der Waals surface area contributed by atoms with E-state index in [2.05, 4.69) is 5.32 Å². The quantitative estimate of drug-likeness (QED) is 0.835. The second kappa shape index (κ2) is 8.88. The summed E-state index contributed by atoms with van der Waals surface area (Å²) in [6.45, 7) is 10.0. The van der Waals surface area contributed by atoms with E-state index in [1.54, 1.807) is 0 Å². The highest BCUT2D eigenvalue weighted by Crippen LogP contribution is 2.30. The lowest BCUT2D eigenvalue weighted by Crippen LogP contribution is -2.49. The smallest absolute Gasteiger partial charge is 0.227 e. The summed E-state index contributed by atoms with van der Waals surface area (Å²) in [7, 11) is 0. The Kier molecular flexibility index (Phi) is 7.72. The number of hydrogen-bond donors (Lipinski definition) is 2. The molecule has 1 aromatic rings. The van der Waals surface area contributed by atoms with E-state index in [4.69, 9.17) is 15.2 Å². The van der Waals surface area contributed by atoms with Crippen molar-refractivity contribution in [1.82, 2.24) is 5.32 Å². The Labute approximate surface area is 157 Å². The number of nitrogens with two attached hydrogens (primary N) is 1. The van der Waals surface area contributed by atoms with Gasteiger partial charge < -0.3 is 20.5 Å². The lowest BCUT2D eigenvalue weighted by molar-refractivity contribution is -0.136. The van der Waals surface area contributed by atoms with Gasteiger partial charge in [-0.25, -0.2) is 0 Å². The third-order valence-corrected chi connectivity index (χ3v) is 4.40. The van der Waals surface area contributed by atoms with Gasteiger partial charge in [0.2, 0.25) is 5.91 Å². The zero-order chi connectivity index (χ0) is 17.8. The summed E-state index contributed by atoms with van der Waals surface area (Å²) in [6.07, 6.45) is 1.35. The molecular weight excluding hydrogens is 340 g/mol. The Hall–Kier alpha value is -1.30. The molecule has 0 unspecified atom stereocenters. The minimum Gasteiger partial charge on any atom is -0.488 e. The first-order chi connectivity index (χ1) is 11.3. The molecule has 2 rings (SSSR count). The van der Waals surface area contributed by atoms with Gasteiger partial charge in [-0.3, -0.25) is 4.79 Å². The molecule has 0 radical (unpaired) electrons. The fraction of sp³-hybridized carbons (Fsp3) is 0.632. The molecule has 1 fully saturated rings. The second-order valence-corrected chi connectivity index (χ2v) is 7.61. The van der Waals surface area contributed by atoms with E-state index in [1.807, 2.05) is 45.9 Å². The number of rotatable bonds is 5. The minimum absolute atomic E-state index is 0. The van der Waals surface area contributed by atoms with Gasteiger partial charge in [0.1, 0.15) is 11.4 Å². The molecule has 6 heteroatoms. The van der Waals surface area contributed by atoms with Gasteiger partial charge in [-0.2, -0.15) is 0 Å². The van der Waals surface area contributed by atoms with Gasteiger partial charge >= 0.3 is 0 Å². The summed E-state index contributed by atoms with van der Waals surface area (Å²) in [6, 6.07) is 6.06. The van der Waals surface area contributed by atoms with Gasteiger partial charge in [-0.05, 0) is 52.2 Å². The summed E-state index contributed by atoms with van der Waals surface area (Å²) in [5.74, 6) is 0.826. The lowest BCUT2D eigenvalue weighted by Gasteiger charge is -2.34. The van der Waals surface area contributed by atoms with Crippen LogP contribution in [0.2, 0.25) is 0 Å². The third-order valence-electron chi connectivity index (χ3n) is 4.40. The zero-order valence-corrected chi connectivity index (χ0v) is 16.5. The molecule has 0 bridgehead atoms. The van der Waals surface area contributed by atoms with Gasteiger partial charge in [0, 0.05) is 31.9 Å².